The van der Waals surface area contributed by atoms with Crippen LogP contribution in [0.1, 0.15) is 30.5 Å². The first-order valence-electron chi connectivity index (χ1n) is 9.46. The van der Waals surface area contributed by atoms with E-state index in [1.54, 1.807) is 6.08 Å². The molecule has 0 aliphatic carbocycles. The predicted molar refractivity (Wildman–Crippen MR) is 108 cm³/mol. The molecule has 0 spiro atoms. The lowest BCUT2D eigenvalue weighted by atomic mass is 10.1. The molecule has 1 fully saturated rings. The summed E-state index contributed by atoms with van der Waals surface area (Å²) in [6, 6.07) is 15.2. The summed E-state index contributed by atoms with van der Waals surface area (Å²) >= 11 is 0. The Hall–Kier alpha value is -2.46. The molecule has 2 aromatic rings. The van der Waals surface area contributed by atoms with Crippen LogP contribution in [-0.2, 0) is 11.3 Å². The van der Waals surface area contributed by atoms with Crippen LogP contribution in [0.5, 0.6) is 0 Å². The molecule has 4 heteroatoms. The van der Waals surface area contributed by atoms with E-state index in [1.165, 1.54) is 17.7 Å². The lowest BCUT2D eigenvalue weighted by Crippen LogP contribution is -2.57. The third-order valence-corrected chi connectivity index (χ3v) is 5.19. The van der Waals surface area contributed by atoms with Gasteiger partial charge in [-0.15, -0.1) is 0 Å². The van der Waals surface area contributed by atoms with Gasteiger partial charge in [0.1, 0.15) is 5.82 Å². The Morgan fingerprint density at radius 1 is 1.04 bits per heavy atom. The Bertz CT molecular complexity index is 798. The van der Waals surface area contributed by atoms with Gasteiger partial charge in [0.2, 0.25) is 5.91 Å². The predicted octanol–water partition coefficient (Wildman–Crippen LogP) is 4.27. The minimum atomic E-state index is -0.212. The van der Waals surface area contributed by atoms with Crippen molar-refractivity contribution in [3.63, 3.8) is 0 Å². The van der Waals surface area contributed by atoms with Crippen molar-refractivity contribution in [3.05, 3.63) is 77.1 Å². The molecule has 0 bridgehead atoms. The fourth-order valence-electron chi connectivity index (χ4n) is 3.49. The zero-order valence-corrected chi connectivity index (χ0v) is 16.2. The zero-order valence-electron chi connectivity index (χ0n) is 16.2. The number of carbonyl (C=O) groups is 1. The summed E-state index contributed by atoms with van der Waals surface area (Å²) in [6.45, 7) is 8.54. The highest BCUT2D eigenvalue weighted by Gasteiger charge is 2.30. The van der Waals surface area contributed by atoms with Gasteiger partial charge in [-0.2, -0.15) is 0 Å². The van der Waals surface area contributed by atoms with Gasteiger partial charge in [0.25, 0.3) is 0 Å². The van der Waals surface area contributed by atoms with E-state index in [-0.39, 0.29) is 23.8 Å². The standard InChI is InChI=1S/C23H27FN2O/c1-17-4-6-20(7-5-17)10-13-23(27)26-15-18(2)25(14-19(26)3)16-21-8-11-22(24)12-9-21/h4-13,18-19H,14-16H2,1-3H3. The number of amides is 1. The van der Waals surface area contributed by atoms with E-state index >= 15 is 0 Å². The number of hydrogen-bond donors (Lipinski definition) is 0. The first-order chi connectivity index (χ1) is 12.9. The van der Waals surface area contributed by atoms with Crippen LogP contribution in [0.4, 0.5) is 4.39 Å². The smallest absolute Gasteiger partial charge is 0.246 e. The molecule has 1 aliphatic rings. The fourth-order valence-corrected chi connectivity index (χ4v) is 3.49. The van der Waals surface area contributed by atoms with Crippen LogP contribution in [0.3, 0.4) is 0 Å². The van der Waals surface area contributed by atoms with Gasteiger partial charge >= 0.3 is 0 Å². The van der Waals surface area contributed by atoms with Crippen LogP contribution in [0, 0.1) is 12.7 Å². The summed E-state index contributed by atoms with van der Waals surface area (Å²) in [6.07, 6.45) is 3.55. The van der Waals surface area contributed by atoms with Gasteiger partial charge in [-0.05, 0) is 50.1 Å². The number of aryl methyl sites for hydroxylation is 1. The maximum Gasteiger partial charge on any atom is 0.246 e. The first-order valence-corrected chi connectivity index (χ1v) is 9.46. The lowest BCUT2D eigenvalue weighted by molar-refractivity contribution is -0.131. The zero-order chi connectivity index (χ0) is 19.4. The van der Waals surface area contributed by atoms with Crippen molar-refractivity contribution in [1.82, 2.24) is 9.80 Å². The van der Waals surface area contributed by atoms with Gasteiger partial charge < -0.3 is 4.90 Å². The SMILES string of the molecule is Cc1ccc(C=CC(=O)N2CC(C)N(Cc3ccc(F)cc3)CC2C)cc1. The number of carbonyl (C=O) groups excluding carboxylic acids is 1. The van der Waals surface area contributed by atoms with Gasteiger partial charge in [-0.1, -0.05) is 42.0 Å². The Kier molecular flexibility index (Phi) is 6.07. The molecular formula is C23H27FN2O. The summed E-state index contributed by atoms with van der Waals surface area (Å²) in [5.41, 5.74) is 3.33. The molecule has 1 amide bonds. The Balaban J connectivity index is 1.61. The highest BCUT2D eigenvalue weighted by Crippen LogP contribution is 2.19. The molecule has 2 atom stereocenters. The fraction of sp³-hybridized carbons (Fsp3) is 0.348. The van der Waals surface area contributed by atoms with E-state index in [4.69, 9.17) is 0 Å². The quantitative estimate of drug-likeness (QED) is 0.755. The molecule has 142 valence electrons. The van der Waals surface area contributed by atoms with Crippen molar-refractivity contribution in [2.75, 3.05) is 13.1 Å². The molecule has 27 heavy (non-hydrogen) atoms. The maximum atomic E-state index is 13.1. The Morgan fingerprint density at radius 2 is 1.70 bits per heavy atom. The van der Waals surface area contributed by atoms with Crippen LogP contribution in [-0.4, -0.2) is 40.9 Å². The average Bonchev–Trinajstić information content (AvgIpc) is 2.65. The first kappa shape index (κ1) is 19.3. The van der Waals surface area contributed by atoms with Gasteiger partial charge in [-0.25, -0.2) is 4.39 Å². The third kappa shape index (κ3) is 5.04. The summed E-state index contributed by atoms with van der Waals surface area (Å²) < 4.78 is 13.1. The van der Waals surface area contributed by atoms with E-state index < -0.39 is 0 Å². The summed E-state index contributed by atoms with van der Waals surface area (Å²) in [5, 5.41) is 0. The van der Waals surface area contributed by atoms with Gasteiger partial charge in [0.15, 0.2) is 0 Å². The molecule has 1 heterocycles. The molecule has 2 unspecified atom stereocenters. The molecule has 0 aromatic heterocycles. The molecule has 2 aromatic carbocycles. The van der Waals surface area contributed by atoms with E-state index in [1.807, 2.05) is 54.3 Å². The summed E-state index contributed by atoms with van der Waals surface area (Å²) in [4.78, 5) is 17.0. The molecule has 3 nitrogen and oxygen atoms in total. The van der Waals surface area contributed by atoms with Crippen molar-refractivity contribution < 1.29 is 9.18 Å². The number of hydrogen-bond acceptors (Lipinski definition) is 2. The summed E-state index contributed by atoms with van der Waals surface area (Å²) in [7, 11) is 0. The van der Waals surface area contributed by atoms with Crippen molar-refractivity contribution in [2.24, 2.45) is 0 Å². The average molecular weight is 366 g/mol. The highest BCUT2D eigenvalue weighted by molar-refractivity contribution is 5.92. The van der Waals surface area contributed by atoms with Crippen LogP contribution in [0.2, 0.25) is 0 Å². The van der Waals surface area contributed by atoms with Gasteiger partial charge in [0.05, 0.1) is 0 Å². The normalized spacial score (nSPS) is 21.0. The molecule has 1 saturated heterocycles. The molecule has 3 rings (SSSR count). The topological polar surface area (TPSA) is 23.6 Å². The highest BCUT2D eigenvalue weighted by atomic mass is 19.1. The van der Waals surface area contributed by atoms with Crippen molar-refractivity contribution in [3.8, 4) is 0 Å². The molecule has 0 N–H and O–H groups in total. The minimum Gasteiger partial charge on any atom is -0.334 e. The van der Waals surface area contributed by atoms with E-state index in [9.17, 15) is 9.18 Å². The van der Waals surface area contributed by atoms with Gasteiger partial charge in [-0.3, -0.25) is 9.69 Å². The summed E-state index contributed by atoms with van der Waals surface area (Å²) in [5.74, 6) is -0.160. The lowest BCUT2D eigenvalue weighted by Gasteiger charge is -2.44. The molecule has 0 radical (unpaired) electrons. The number of nitrogens with zero attached hydrogens (tertiary/aromatic N) is 2. The minimum absolute atomic E-state index is 0.0522. The number of rotatable bonds is 4. The van der Waals surface area contributed by atoms with E-state index in [0.717, 1.165) is 24.2 Å². The van der Waals surface area contributed by atoms with Crippen LogP contribution < -0.4 is 0 Å². The second-order valence-corrected chi connectivity index (χ2v) is 7.49. The number of piperazine rings is 1. The Labute approximate surface area is 161 Å². The van der Waals surface area contributed by atoms with Crippen molar-refractivity contribution >= 4 is 12.0 Å². The van der Waals surface area contributed by atoms with E-state index in [0.29, 0.717) is 6.54 Å². The number of halogens is 1. The second-order valence-electron chi connectivity index (χ2n) is 7.49. The Morgan fingerprint density at radius 3 is 2.37 bits per heavy atom. The monoisotopic (exact) mass is 366 g/mol. The number of benzene rings is 2. The third-order valence-electron chi connectivity index (χ3n) is 5.19. The molecule has 1 aliphatic heterocycles. The largest absolute Gasteiger partial charge is 0.334 e. The van der Waals surface area contributed by atoms with Crippen LogP contribution >= 0.6 is 0 Å². The van der Waals surface area contributed by atoms with Crippen LogP contribution in [0.15, 0.2) is 54.6 Å². The van der Waals surface area contributed by atoms with Crippen LogP contribution in [0.25, 0.3) is 6.08 Å². The van der Waals surface area contributed by atoms with Crippen molar-refractivity contribution in [2.45, 2.75) is 39.4 Å². The maximum absolute atomic E-state index is 13.1. The molecule has 0 saturated carbocycles. The second kappa shape index (κ2) is 8.49. The van der Waals surface area contributed by atoms with E-state index in [2.05, 4.69) is 18.7 Å². The van der Waals surface area contributed by atoms with Crippen molar-refractivity contribution in [1.29, 1.82) is 0 Å². The molecular weight excluding hydrogens is 339 g/mol. The van der Waals surface area contributed by atoms with Gasteiger partial charge in [0, 0.05) is 37.8 Å².